The lowest BCUT2D eigenvalue weighted by Crippen LogP contribution is -2.34. The highest BCUT2D eigenvalue weighted by molar-refractivity contribution is 5.77. The Labute approximate surface area is 96.2 Å². The molecule has 0 bridgehead atoms. The maximum absolute atomic E-state index is 11.3. The summed E-state index contributed by atoms with van der Waals surface area (Å²) in [5.41, 5.74) is 0. The number of hydrogen-bond donors (Lipinski definition) is 2. The van der Waals surface area contributed by atoms with E-state index in [2.05, 4.69) is 22.7 Å². The molecule has 0 spiro atoms. The molecule has 0 atom stereocenters. The summed E-state index contributed by atoms with van der Waals surface area (Å²) in [5.74, 6) is 0.0638. The van der Waals surface area contributed by atoms with Gasteiger partial charge in [0.15, 0.2) is 0 Å². The highest BCUT2D eigenvalue weighted by Crippen LogP contribution is 1.87. The summed E-state index contributed by atoms with van der Waals surface area (Å²) < 4.78 is 1.86. The zero-order valence-corrected chi connectivity index (χ0v) is 9.78. The molecule has 1 rings (SSSR count). The second-order valence-electron chi connectivity index (χ2n) is 3.65. The molecule has 1 amide bonds. The van der Waals surface area contributed by atoms with Crippen molar-refractivity contribution in [2.45, 2.75) is 26.3 Å². The zero-order chi connectivity index (χ0) is 11.6. The lowest BCUT2D eigenvalue weighted by molar-refractivity contribution is -0.120. The lowest BCUT2D eigenvalue weighted by Gasteiger charge is -2.06. The van der Waals surface area contributed by atoms with E-state index in [-0.39, 0.29) is 5.91 Å². The molecule has 1 aromatic rings. The summed E-state index contributed by atoms with van der Waals surface area (Å²) in [6.45, 7) is 4.92. The fourth-order valence-corrected chi connectivity index (χ4v) is 1.34. The highest BCUT2D eigenvalue weighted by atomic mass is 16.1. The summed E-state index contributed by atoms with van der Waals surface area (Å²) in [7, 11) is 0. The summed E-state index contributed by atoms with van der Waals surface area (Å²) in [6, 6.07) is 1.90. The van der Waals surface area contributed by atoms with Gasteiger partial charge in [-0.1, -0.05) is 6.92 Å². The number of rotatable bonds is 8. The van der Waals surface area contributed by atoms with Crippen LogP contribution in [0.4, 0.5) is 0 Å². The summed E-state index contributed by atoms with van der Waals surface area (Å²) >= 11 is 0. The standard InChI is InChI=1S/C11H20N4O/c1-2-5-12-10-11(16)13-6-3-8-15-9-4-7-14-15/h4,7,9,12H,2-3,5-6,8,10H2,1H3,(H,13,16). The average molecular weight is 224 g/mol. The molecule has 0 fully saturated rings. The number of aryl methyl sites for hydroxylation is 1. The third kappa shape index (κ3) is 5.50. The highest BCUT2D eigenvalue weighted by Gasteiger charge is 1.98. The molecule has 0 aliphatic carbocycles. The molecular formula is C11H20N4O. The Morgan fingerprint density at radius 1 is 1.44 bits per heavy atom. The topological polar surface area (TPSA) is 59.0 Å². The Morgan fingerprint density at radius 2 is 2.31 bits per heavy atom. The Morgan fingerprint density at radius 3 is 3.00 bits per heavy atom. The zero-order valence-electron chi connectivity index (χ0n) is 9.78. The molecule has 5 heteroatoms. The minimum Gasteiger partial charge on any atom is -0.355 e. The Hall–Kier alpha value is -1.36. The van der Waals surface area contributed by atoms with Crippen molar-refractivity contribution in [1.29, 1.82) is 0 Å². The number of amides is 1. The number of nitrogens with one attached hydrogen (secondary N) is 2. The van der Waals surface area contributed by atoms with Gasteiger partial charge in [-0.2, -0.15) is 5.10 Å². The average Bonchev–Trinajstić information content (AvgIpc) is 2.78. The van der Waals surface area contributed by atoms with E-state index in [1.165, 1.54) is 0 Å². The third-order valence-corrected chi connectivity index (χ3v) is 2.16. The number of hydrogen-bond acceptors (Lipinski definition) is 3. The minimum absolute atomic E-state index is 0.0638. The monoisotopic (exact) mass is 224 g/mol. The van der Waals surface area contributed by atoms with Crippen molar-refractivity contribution in [2.75, 3.05) is 19.6 Å². The largest absolute Gasteiger partial charge is 0.355 e. The molecule has 0 aromatic carbocycles. The van der Waals surface area contributed by atoms with Crippen molar-refractivity contribution >= 4 is 5.91 Å². The fourth-order valence-electron chi connectivity index (χ4n) is 1.34. The van der Waals surface area contributed by atoms with Gasteiger partial charge in [0.1, 0.15) is 0 Å². The van der Waals surface area contributed by atoms with E-state index in [0.717, 1.165) is 25.9 Å². The van der Waals surface area contributed by atoms with E-state index < -0.39 is 0 Å². The van der Waals surface area contributed by atoms with Gasteiger partial charge in [0, 0.05) is 25.5 Å². The van der Waals surface area contributed by atoms with Gasteiger partial charge < -0.3 is 10.6 Å². The molecule has 0 unspecified atom stereocenters. The van der Waals surface area contributed by atoms with Crippen LogP contribution < -0.4 is 10.6 Å². The smallest absolute Gasteiger partial charge is 0.233 e. The van der Waals surface area contributed by atoms with E-state index in [1.54, 1.807) is 6.20 Å². The number of nitrogens with zero attached hydrogens (tertiary/aromatic N) is 2. The first-order chi connectivity index (χ1) is 7.83. The van der Waals surface area contributed by atoms with Crippen molar-refractivity contribution in [3.8, 4) is 0 Å². The van der Waals surface area contributed by atoms with Crippen LogP contribution >= 0.6 is 0 Å². The maximum atomic E-state index is 11.3. The van der Waals surface area contributed by atoms with Crippen molar-refractivity contribution in [2.24, 2.45) is 0 Å². The van der Waals surface area contributed by atoms with Crippen LogP contribution in [-0.4, -0.2) is 35.3 Å². The summed E-state index contributed by atoms with van der Waals surface area (Å²) in [5, 5.41) is 10.0. The molecule has 1 aromatic heterocycles. The molecule has 0 aliphatic heterocycles. The van der Waals surface area contributed by atoms with Crippen molar-refractivity contribution in [1.82, 2.24) is 20.4 Å². The molecule has 90 valence electrons. The van der Waals surface area contributed by atoms with Crippen LogP contribution in [0.15, 0.2) is 18.5 Å². The molecule has 0 aliphatic rings. The van der Waals surface area contributed by atoms with Crippen molar-refractivity contribution in [3.05, 3.63) is 18.5 Å². The van der Waals surface area contributed by atoms with Gasteiger partial charge in [-0.05, 0) is 25.5 Å². The van der Waals surface area contributed by atoms with Crippen LogP contribution in [0.2, 0.25) is 0 Å². The third-order valence-electron chi connectivity index (χ3n) is 2.16. The van der Waals surface area contributed by atoms with Crippen LogP contribution in [-0.2, 0) is 11.3 Å². The first-order valence-electron chi connectivity index (χ1n) is 5.77. The lowest BCUT2D eigenvalue weighted by atomic mass is 10.4. The van der Waals surface area contributed by atoms with Gasteiger partial charge in [0.05, 0.1) is 6.54 Å². The van der Waals surface area contributed by atoms with E-state index in [9.17, 15) is 4.79 Å². The Bertz CT molecular complexity index is 284. The van der Waals surface area contributed by atoms with E-state index >= 15 is 0 Å². The van der Waals surface area contributed by atoms with Gasteiger partial charge in [-0.3, -0.25) is 9.48 Å². The van der Waals surface area contributed by atoms with Gasteiger partial charge in [-0.15, -0.1) is 0 Å². The summed E-state index contributed by atoms with van der Waals surface area (Å²) in [6.07, 6.45) is 5.63. The van der Waals surface area contributed by atoms with Gasteiger partial charge in [0.25, 0.3) is 0 Å². The van der Waals surface area contributed by atoms with Gasteiger partial charge >= 0.3 is 0 Å². The van der Waals surface area contributed by atoms with E-state index in [4.69, 9.17) is 0 Å². The van der Waals surface area contributed by atoms with E-state index in [0.29, 0.717) is 13.1 Å². The molecule has 1 heterocycles. The molecule has 2 N–H and O–H groups in total. The molecule has 16 heavy (non-hydrogen) atoms. The normalized spacial score (nSPS) is 10.3. The van der Waals surface area contributed by atoms with Crippen molar-refractivity contribution < 1.29 is 4.79 Å². The van der Waals surface area contributed by atoms with Crippen molar-refractivity contribution in [3.63, 3.8) is 0 Å². The quantitative estimate of drug-likeness (QED) is 0.628. The Kier molecular flexibility index (Phi) is 6.25. The molecule has 0 radical (unpaired) electrons. The molecule has 0 saturated carbocycles. The first-order valence-corrected chi connectivity index (χ1v) is 5.77. The van der Waals surface area contributed by atoms with Gasteiger partial charge in [-0.25, -0.2) is 0 Å². The second-order valence-corrected chi connectivity index (χ2v) is 3.65. The SMILES string of the molecule is CCCNCC(=O)NCCCn1cccn1. The maximum Gasteiger partial charge on any atom is 0.233 e. The Balaban J connectivity index is 1.96. The van der Waals surface area contributed by atoms with Crippen LogP contribution in [0.25, 0.3) is 0 Å². The first kappa shape index (κ1) is 12.7. The molecular weight excluding hydrogens is 204 g/mol. The predicted molar refractivity (Wildman–Crippen MR) is 63.0 cm³/mol. The van der Waals surface area contributed by atoms with Crippen LogP contribution in [0, 0.1) is 0 Å². The predicted octanol–water partition coefficient (Wildman–Crippen LogP) is 0.389. The minimum atomic E-state index is 0.0638. The second kappa shape index (κ2) is 7.87. The number of carbonyl (C=O) groups is 1. The van der Waals surface area contributed by atoms with Crippen LogP contribution in [0.5, 0.6) is 0 Å². The number of aromatic nitrogens is 2. The number of carbonyl (C=O) groups excluding carboxylic acids is 1. The van der Waals surface area contributed by atoms with Gasteiger partial charge in [0.2, 0.25) is 5.91 Å². The fraction of sp³-hybridized carbons (Fsp3) is 0.636. The molecule has 0 saturated heterocycles. The van der Waals surface area contributed by atoms with E-state index in [1.807, 2.05) is 16.9 Å². The molecule has 5 nitrogen and oxygen atoms in total. The van der Waals surface area contributed by atoms with Crippen LogP contribution in [0.3, 0.4) is 0 Å². The van der Waals surface area contributed by atoms with Crippen LogP contribution in [0.1, 0.15) is 19.8 Å². The summed E-state index contributed by atoms with van der Waals surface area (Å²) in [4.78, 5) is 11.3.